The summed E-state index contributed by atoms with van der Waals surface area (Å²) in [6.45, 7) is 0. The second kappa shape index (κ2) is 8.88. The molecule has 0 saturated carbocycles. The van der Waals surface area contributed by atoms with E-state index < -0.39 is 0 Å². The van der Waals surface area contributed by atoms with Crippen LogP contribution in [0.3, 0.4) is 0 Å². The number of furan rings is 1. The second-order valence-electron chi connectivity index (χ2n) is 10.6. The summed E-state index contributed by atoms with van der Waals surface area (Å²) in [6.07, 6.45) is 0. The van der Waals surface area contributed by atoms with Gasteiger partial charge in [-0.05, 0) is 54.6 Å². The van der Waals surface area contributed by atoms with Gasteiger partial charge in [0.2, 0.25) is 0 Å². The molecule has 0 aliphatic carbocycles. The van der Waals surface area contributed by atoms with Crippen molar-refractivity contribution in [3.8, 4) is 28.3 Å². The number of para-hydroxylation sites is 3. The Bertz CT molecular complexity index is 2450. The molecule has 0 spiro atoms. The largest absolute Gasteiger partial charge is 0.455 e. The minimum Gasteiger partial charge on any atom is -0.455 e. The molecule has 3 aromatic heterocycles. The van der Waals surface area contributed by atoms with Crippen molar-refractivity contribution in [3.05, 3.63) is 140 Å². The van der Waals surface area contributed by atoms with E-state index in [2.05, 4.69) is 102 Å². The Morgan fingerprint density at radius 3 is 2.05 bits per heavy atom. The van der Waals surface area contributed by atoms with E-state index in [1.165, 1.54) is 5.39 Å². The van der Waals surface area contributed by atoms with Gasteiger partial charge in [-0.2, -0.15) is 0 Å². The molecule has 0 amide bonds. The monoisotopic (exact) mass is 537 g/mol. The molecule has 4 heteroatoms. The predicted molar refractivity (Wildman–Crippen MR) is 172 cm³/mol. The molecule has 9 rings (SSSR count). The van der Waals surface area contributed by atoms with Crippen LogP contribution in [0.15, 0.2) is 144 Å². The van der Waals surface area contributed by atoms with Crippen LogP contribution >= 0.6 is 0 Å². The van der Waals surface area contributed by atoms with Crippen molar-refractivity contribution < 1.29 is 4.42 Å². The number of hydrogen-bond donors (Lipinski definition) is 0. The highest BCUT2D eigenvalue weighted by Crippen LogP contribution is 2.40. The molecular weight excluding hydrogens is 514 g/mol. The molecule has 196 valence electrons. The Labute approximate surface area is 241 Å². The maximum atomic E-state index is 6.45. The lowest BCUT2D eigenvalue weighted by molar-refractivity contribution is 0.673. The van der Waals surface area contributed by atoms with E-state index in [4.69, 9.17) is 14.4 Å². The maximum Gasteiger partial charge on any atom is 0.160 e. The first-order chi connectivity index (χ1) is 20.8. The quantitative estimate of drug-likeness (QED) is 0.225. The van der Waals surface area contributed by atoms with Crippen molar-refractivity contribution in [3.63, 3.8) is 0 Å². The van der Waals surface area contributed by atoms with Gasteiger partial charge in [0.15, 0.2) is 5.82 Å². The van der Waals surface area contributed by atoms with E-state index in [1.807, 2.05) is 42.5 Å². The van der Waals surface area contributed by atoms with Crippen LogP contribution in [0.5, 0.6) is 0 Å². The molecule has 42 heavy (non-hydrogen) atoms. The fraction of sp³-hybridized carbons (Fsp3) is 0. The average molecular weight is 538 g/mol. The zero-order valence-electron chi connectivity index (χ0n) is 22.5. The maximum absolute atomic E-state index is 6.45. The van der Waals surface area contributed by atoms with Gasteiger partial charge >= 0.3 is 0 Å². The Kier molecular flexibility index (Phi) is 4.87. The van der Waals surface area contributed by atoms with E-state index in [0.29, 0.717) is 5.82 Å². The van der Waals surface area contributed by atoms with Crippen molar-refractivity contribution in [2.75, 3.05) is 0 Å². The van der Waals surface area contributed by atoms with Crippen LogP contribution in [0.25, 0.3) is 83.0 Å². The molecule has 0 atom stereocenters. The van der Waals surface area contributed by atoms with Crippen LogP contribution in [0.4, 0.5) is 0 Å². The van der Waals surface area contributed by atoms with E-state index >= 15 is 0 Å². The summed E-state index contributed by atoms with van der Waals surface area (Å²) in [6, 6.07) is 48.3. The van der Waals surface area contributed by atoms with Crippen LogP contribution in [0.1, 0.15) is 0 Å². The molecule has 6 aromatic carbocycles. The van der Waals surface area contributed by atoms with Gasteiger partial charge < -0.3 is 8.98 Å². The molecule has 0 aliphatic heterocycles. The van der Waals surface area contributed by atoms with Crippen LogP contribution in [-0.2, 0) is 0 Å². The number of rotatable bonds is 3. The number of nitrogens with zero attached hydrogens (tertiary/aromatic N) is 3. The zero-order chi connectivity index (χ0) is 27.6. The summed E-state index contributed by atoms with van der Waals surface area (Å²) < 4.78 is 8.77. The third-order valence-corrected chi connectivity index (χ3v) is 8.21. The normalized spacial score (nSPS) is 11.8. The topological polar surface area (TPSA) is 43.9 Å². The van der Waals surface area contributed by atoms with E-state index in [-0.39, 0.29) is 0 Å². The van der Waals surface area contributed by atoms with Crippen LogP contribution in [-0.4, -0.2) is 14.5 Å². The smallest absolute Gasteiger partial charge is 0.160 e. The average Bonchev–Trinajstić information content (AvgIpc) is 3.60. The van der Waals surface area contributed by atoms with Crippen LogP contribution < -0.4 is 0 Å². The van der Waals surface area contributed by atoms with E-state index in [1.54, 1.807) is 0 Å². The third kappa shape index (κ3) is 3.36. The molecule has 0 saturated heterocycles. The molecule has 0 bridgehead atoms. The Balaban J connectivity index is 1.23. The van der Waals surface area contributed by atoms with E-state index in [9.17, 15) is 0 Å². The van der Waals surface area contributed by atoms with Gasteiger partial charge in [0.05, 0.1) is 27.6 Å². The van der Waals surface area contributed by atoms with Gasteiger partial charge in [0, 0.05) is 38.4 Å². The summed E-state index contributed by atoms with van der Waals surface area (Å²) in [5, 5.41) is 5.63. The lowest BCUT2D eigenvalue weighted by Crippen LogP contribution is -1.97. The predicted octanol–water partition coefficient (Wildman–Crippen LogP) is 9.96. The molecular formula is C38H23N3O. The Morgan fingerprint density at radius 1 is 0.476 bits per heavy atom. The van der Waals surface area contributed by atoms with Crippen molar-refractivity contribution in [2.45, 2.75) is 0 Å². The van der Waals surface area contributed by atoms with Gasteiger partial charge in [-0.15, -0.1) is 0 Å². The number of fused-ring (bicyclic) bond motifs is 8. The first-order valence-corrected chi connectivity index (χ1v) is 14.1. The molecule has 0 N–H and O–H groups in total. The molecule has 4 nitrogen and oxygen atoms in total. The zero-order valence-corrected chi connectivity index (χ0v) is 22.5. The van der Waals surface area contributed by atoms with Crippen LogP contribution in [0, 0.1) is 0 Å². The fourth-order valence-electron chi connectivity index (χ4n) is 6.29. The highest BCUT2D eigenvalue weighted by Gasteiger charge is 2.18. The Hall–Kier alpha value is -5.74. The second-order valence-corrected chi connectivity index (χ2v) is 10.6. The van der Waals surface area contributed by atoms with Crippen molar-refractivity contribution in [2.24, 2.45) is 0 Å². The minimum atomic E-state index is 0.713. The van der Waals surface area contributed by atoms with Crippen LogP contribution in [0.2, 0.25) is 0 Å². The molecule has 3 heterocycles. The fourth-order valence-corrected chi connectivity index (χ4v) is 6.29. The van der Waals surface area contributed by atoms with Gasteiger partial charge in [-0.3, -0.25) is 0 Å². The highest BCUT2D eigenvalue weighted by atomic mass is 16.3. The van der Waals surface area contributed by atoms with Gasteiger partial charge in [-0.25, -0.2) is 9.97 Å². The molecule has 0 aliphatic rings. The first-order valence-electron chi connectivity index (χ1n) is 14.1. The molecule has 0 fully saturated rings. The first kappa shape index (κ1) is 23.0. The lowest BCUT2D eigenvalue weighted by atomic mass is 10.1. The summed E-state index contributed by atoms with van der Waals surface area (Å²) in [4.78, 5) is 10.0. The number of benzene rings is 6. The van der Waals surface area contributed by atoms with Crippen molar-refractivity contribution >= 4 is 54.6 Å². The SMILES string of the molecule is c1ccc(-c2nc(-c3ccc(-n4c5ccccc5c5c6oc7ccccc7c6ccc54)cc3)nc3ccccc23)cc1. The van der Waals surface area contributed by atoms with Gasteiger partial charge in [0.25, 0.3) is 0 Å². The standard InChI is InChI=1S/C38H23N3O/c1-2-10-24(11-3-1)36-29-13-4-7-15-31(29)39-38(40-36)25-18-20-26(21-19-25)41-32-16-8-5-14-30(32)35-33(41)23-22-28-27-12-6-9-17-34(27)42-37(28)35/h1-23H. The van der Waals surface area contributed by atoms with Gasteiger partial charge in [0.1, 0.15) is 11.2 Å². The molecule has 9 aromatic rings. The summed E-state index contributed by atoms with van der Waals surface area (Å²) in [7, 11) is 0. The minimum absolute atomic E-state index is 0.713. The Morgan fingerprint density at radius 2 is 1.19 bits per heavy atom. The van der Waals surface area contributed by atoms with E-state index in [0.717, 1.165) is 71.8 Å². The number of aromatic nitrogens is 3. The highest BCUT2D eigenvalue weighted by molar-refractivity contribution is 6.23. The summed E-state index contributed by atoms with van der Waals surface area (Å²) in [5.74, 6) is 0.713. The van der Waals surface area contributed by atoms with Gasteiger partial charge in [-0.1, -0.05) is 84.9 Å². The molecule has 0 unspecified atom stereocenters. The number of hydrogen-bond acceptors (Lipinski definition) is 3. The third-order valence-electron chi connectivity index (χ3n) is 8.21. The summed E-state index contributed by atoms with van der Waals surface area (Å²) >= 11 is 0. The van der Waals surface area contributed by atoms with Crippen molar-refractivity contribution in [1.82, 2.24) is 14.5 Å². The summed E-state index contributed by atoms with van der Waals surface area (Å²) in [5.41, 5.74) is 9.10. The lowest BCUT2D eigenvalue weighted by Gasteiger charge is -2.11. The van der Waals surface area contributed by atoms with Crippen molar-refractivity contribution in [1.29, 1.82) is 0 Å². The molecule has 0 radical (unpaired) electrons.